The van der Waals surface area contributed by atoms with Gasteiger partial charge in [0.1, 0.15) is 17.4 Å². The molecule has 0 amide bonds. The zero-order valence-electron chi connectivity index (χ0n) is 9.36. The van der Waals surface area contributed by atoms with Gasteiger partial charge in [-0.2, -0.15) is 0 Å². The first-order chi connectivity index (χ1) is 7.56. The number of aliphatic hydroxyl groups is 1. The van der Waals surface area contributed by atoms with Gasteiger partial charge in [0.2, 0.25) is 0 Å². The van der Waals surface area contributed by atoms with Crippen molar-refractivity contribution >= 4 is 16.8 Å². The van der Waals surface area contributed by atoms with Crippen LogP contribution in [0.25, 0.3) is 11.0 Å². The molecule has 0 aliphatic rings. The van der Waals surface area contributed by atoms with Gasteiger partial charge in [-0.25, -0.2) is 0 Å². The number of ketones is 1. The lowest BCUT2D eigenvalue weighted by molar-refractivity contribution is -0.125. The van der Waals surface area contributed by atoms with E-state index in [-0.39, 0.29) is 12.2 Å². The zero-order valence-corrected chi connectivity index (χ0v) is 9.36. The minimum atomic E-state index is -0.935. The van der Waals surface area contributed by atoms with Crippen LogP contribution < -0.4 is 0 Å². The van der Waals surface area contributed by atoms with Crippen LogP contribution in [0.1, 0.15) is 18.2 Å². The Morgan fingerprint density at radius 2 is 2.19 bits per heavy atom. The summed E-state index contributed by atoms with van der Waals surface area (Å²) in [5.41, 5.74) is 1.93. The smallest absolute Gasteiger partial charge is 0.168 e. The number of fused-ring (bicyclic) bond motifs is 1. The first-order valence-electron chi connectivity index (χ1n) is 5.26. The number of rotatable bonds is 3. The molecule has 0 aliphatic heterocycles. The largest absolute Gasteiger partial charge is 0.461 e. The monoisotopic (exact) mass is 218 g/mol. The Kier molecular flexibility index (Phi) is 2.79. The number of aryl methyl sites for hydroxylation is 1. The summed E-state index contributed by atoms with van der Waals surface area (Å²) in [4.78, 5) is 11.3. The highest BCUT2D eigenvalue weighted by Crippen LogP contribution is 2.21. The van der Waals surface area contributed by atoms with Crippen molar-refractivity contribution < 1.29 is 14.3 Å². The maximum absolute atomic E-state index is 11.3. The van der Waals surface area contributed by atoms with Crippen LogP contribution in [0.5, 0.6) is 0 Å². The Bertz CT molecular complexity index is 523. The second-order valence-electron chi connectivity index (χ2n) is 4.07. The minimum Gasteiger partial charge on any atom is -0.461 e. The van der Waals surface area contributed by atoms with Crippen molar-refractivity contribution in [3.8, 4) is 0 Å². The molecule has 0 radical (unpaired) electrons. The van der Waals surface area contributed by atoms with Crippen LogP contribution in [-0.2, 0) is 11.2 Å². The van der Waals surface area contributed by atoms with E-state index in [1.165, 1.54) is 6.92 Å². The quantitative estimate of drug-likeness (QED) is 0.859. The van der Waals surface area contributed by atoms with Gasteiger partial charge in [0.25, 0.3) is 0 Å². The summed E-state index contributed by atoms with van der Waals surface area (Å²) in [6.45, 7) is 3.47. The van der Waals surface area contributed by atoms with Gasteiger partial charge in [-0.15, -0.1) is 0 Å². The van der Waals surface area contributed by atoms with E-state index in [1.54, 1.807) is 0 Å². The molecule has 0 spiro atoms. The molecule has 1 aromatic carbocycles. The van der Waals surface area contributed by atoms with Gasteiger partial charge in [0, 0.05) is 5.39 Å². The summed E-state index contributed by atoms with van der Waals surface area (Å²) < 4.78 is 5.51. The minimum absolute atomic E-state index is 0.144. The van der Waals surface area contributed by atoms with E-state index >= 15 is 0 Å². The third kappa shape index (κ3) is 2.14. The lowest BCUT2D eigenvalue weighted by atomic mass is 10.1. The third-order valence-corrected chi connectivity index (χ3v) is 2.54. The topological polar surface area (TPSA) is 50.4 Å². The molecule has 0 unspecified atom stereocenters. The molecular weight excluding hydrogens is 204 g/mol. The first-order valence-corrected chi connectivity index (χ1v) is 5.26. The maximum atomic E-state index is 11.3. The summed E-state index contributed by atoms with van der Waals surface area (Å²) in [7, 11) is 0. The molecule has 16 heavy (non-hydrogen) atoms. The van der Waals surface area contributed by atoms with Gasteiger partial charge in [-0.1, -0.05) is 11.6 Å². The van der Waals surface area contributed by atoms with Crippen molar-refractivity contribution in [3.05, 3.63) is 35.6 Å². The van der Waals surface area contributed by atoms with Crippen molar-refractivity contribution in [3.63, 3.8) is 0 Å². The van der Waals surface area contributed by atoms with Gasteiger partial charge in [-0.05, 0) is 32.0 Å². The van der Waals surface area contributed by atoms with E-state index < -0.39 is 6.10 Å². The van der Waals surface area contributed by atoms with Crippen LogP contribution in [0.4, 0.5) is 0 Å². The Balaban J connectivity index is 2.29. The van der Waals surface area contributed by atoms with E-state index in [1.807, 2.05) is 31.2 Å². The SMILES string of the molecule is Cc1ccc2oc(CC(=O)[C@H](C)O)cc2c1. The molecule has 1 heterocycles. The number of carbonyl (C=O) groups excluding carboxylic acids is 1. The van der Waals surface area contributed by atoms with Crippen molar-refractivity contribution in [2.75, 3.05) is 0 Å². The standard InChI is InChI=1S/C13H14O3/c1-8-3-4-13-10(5-8)6-11(16-13)7-12(15)9(2)14/h3-6,9,14H,7H2,1-2H3/t9-/m0/s1. The van der Waals surface area contributed by atoms with Crippen LogP contribution >= 0.6 is 0 Å². The van der Waals surface area contributed by atoms with Gasteiger partial charge in [0.05, 0.1) is 6.42 Å². The Hall–Kier alpha value is -1.61. The Morgan fingerprint density at radius 1 is 1.44 bits per heavy atom. The van der Waals surface area contributed by atoms with Crippen LogP contribution in [0, 0.1) is 6.92 Å². The fraction of sp³-hybridized carbons (Fsp3) is 0.308. The summed E-state index contributed by atoms with van der Waals surface area (Å²) >= 11 is 0. The van der Waals surface area contributed by atoms with Gasteiger partial charge >= 0.3 is 0 Å². The first kappa shape index (κ1) is 10.9. The highest BCUT2D eigenvalue weighted by atomic mass is 16.3. The van der Waals surface area contributed by atoms with Gasteiger partial charge in [0.15, 0.2) is 5.78 Å². The molecule has 84 valence electrons. The maximum Gasteiger partial charge on any atom is 0.168 e. The normalized spacial score (nSPS) is 12.9. The molecular formula is C13H14O3. The van der Waals surface area contributed by atoms with Crippen molar-refractivity contribution in [2.24, 2.45) is 0 Å². The average molecular weight is 218 g/mol. The lowest BCUT2D eigenvalue weighted by Crippen LogP contribution is -2.17. The third-order valence-electron chi connectivity index (χ3n) is 2.54. The van der Waals surface area contributed by atoms with E-state index in [4.69, 9.17) is 9.52 Å². The van der Waals surface area contributed by atoms with Crippen LogP contribution in [0.15, 0.2) is 28.7 Å². The van der Waals surface area contributed by atoms with Crippen molar-refractivity contribution in [1.29, 1.82) is 0 Å². The molecule has 1 aromatic heterocycles. The van der Waals surface area contributed by atoms with Crippen molar-refractivity contribution in [1.82, 2.24) is 0 Å². The predicted octanol–water partition coefficient (Wildman–Crippen LogP) is 2.23. The molecule has 0 fully saturated rings. The van der Waals surface area contributed by atoms with Gasteiger partial charge < -0.3 is 9.52 Å². The van der Waals surface area contributed by atoms with Crippen LogP contribution in [0.2, 0.25) is 0 Å². The predicted molar refractivity (Wildman–Crippen MR) is 61.3 cm³/mol. The summed E-state index contributed by atoms with van der Waals surface area (Å²) in [6.07, 6.45) is -0.791. The Labute approximate surface area is 93.7 Å². The highest BCUT2D eigenvalue weighted by Gasteiger charge is 2.13. The second-order valence-corrected chi connectivity index (χ2v) is 4.07. The summed E-state index contributed by atoms with van der Waals surface area (Å²) in [5, 5.41) is 10.1. The number of hydrogen-bond donors (Lipinski definition) is 1. The van der Waals surface area contributed by atoms with Crippen molar-refractivity contribution in [2.45, 2.75) is 26.4 Å². The van der Waals surface area contributed by atoms with E-state index in [0.717, 1.165) is 16.5 Å². The number of hydrogen-bond acceptors (Lipinski definition) is 3. The lowest BCUT2D eigenvalue weighted by Gasteiger charge is -1.99. The van der Waals surface area contributed by atoms with Gasteiger partial charge in [-0.3, -0.25) is 4.79 Å². The fourth-order valence-electron chi connectivity index (χ4n) is 1.62. The molecule has 2 rings (SSSR count). The average Bonchev–Trinajstić information content (AvgIpc) is 2.58. The number of aliphatic hydroxyl groups excluding tert-OH is 1. The molecule has 3 nitrogen and oxygen atoms in total. The molecule has 1 atom stereocenters. The zero-order chi connectivity index (χ0) is 11.7. The number of Topliss-reactive ketones (excluding diaryl/α,β-unsaturated/α-hetero) is 1. The molecule has 0 aliphatic carbocycles. The summed E-state index contributed by atoms with van der Waals surface area (Å²) in [6, 6.07) is 7.71. The summed E-state index contributed by atoms with van der Waals surface area (Å²) in [5.74, 6) is 0.377. The fourth-order valence-corrected chi connectivity index (χ4v) is 1.62. The molecule has 2 aromatic rings. The molecule has 1 N–H and O–H groups in total. The molecule has 0 bridgehead atoms. The molecule has 0 saturated heterocycles. The highest BCUT2D eigenvalue weighted by molar-refractivity contribution is 5.86. The van der Waals surface area contributed by atoms with E-state index in [9.17, 15) is 4.79 Å². The molecule has 3 heteroatoms. The number of carbonyl (C=O) groups is 1. The van der Waals surface area contributed by atoms with E-state index in [2.05, 4.69) is 0 Å². The number of furan rings is 1. The van der Waals surface area contributed by atoms with Crippen LogP contribution in [0.3, 0.4) is 0 Å². The Morgan fingerprint density at radius 3 is 2.88 bits per heavy atom. The molecule has 0 saturated carbocycles. The van der Waals surface area contributed by atoms with E-state index in [0.29, 0.717) is 5.76 Å². The number of benzene rings is 1. The van der Waals surface area contributed by atoms with Crippen LogP contribution in [-0.4, -0.2) is 17.0 Å². The second kappa shape index (κ2) is 4.10.